The molecule has 0 fully saturated rings. The molecule has 0 aliphatic heterocycles. The average molecular weight is 477 g/mol. The summed E-state index contributed by atoms with van der Waals surface area (Å²) >= 11 is 0. The Morgan fingerprint density at radius 2 is 1.59 bits per heavy atom. The van der Waals surface area contributed by atoms with Crippen LogP contribution in [0.3, 0.4) is 0 Å². The molecule has 1 N–H and O–H groups in total. The van der Waals surface area contributed by atoms with E-state index in [-0.39, 0.29) is 4.90 Å². The molecule has 8 heteroatoms. The number of sulfone groups is 1. The number of benzene rings is 3. The van der Waals surface area contributed by atoms with Gasteiger partial charge >= 0.3 is 0 Å². The maximum atomic E-state index is 11.8. The third kappa shape index (κ3) is 4.97. The fourth-order valence-electron chi connectivity index (χ4n) is 3.79. The molecule has 0 amide bonds. The van der Waals surface area contributed by atoms with E-state index < -0.39 is 9.84 Å². The lowest BCUT2D eigenvalue weighted by Gasteiger charge is -2.21. The van der Waals surface area contributed by atoms with Crippen LogP contribution in [0, 0.1) is 0 Å². The van der Waals surface area contributed by atoms with E-state index in [4.69, 9.17) is 14.7 Å². The maximum Gasteiger partial charge on any atom is 0.175 e. The molecule has 4 rings (SSSR count). The Morgan fingerprint density at radius 1 is 0.912 bits per heavy atom. The van der Waals surface area contributed by atoms with E-state index in [1.165, 1.54) is 6.26 Å². The molecule has 0 spiro atoms. The third-order valence-corrected chi connectivity index (χ3v) is 6.83. The second kappa shape index (κ2) is 9.69. The number of nitrogens with zero attached hydrogens (tertiary/aromatic N) is 3. The second-order valence-corrected chi connectivity index (χ2v) is 9.94. The molecule has 0 saturated carbocycles. The number of hydrogen-bond donors (Lipinski definition) is 1. The van der Waals surface area contributed by atoms with Crippen LogP contribution >= 0.6 is 0 Å². The number of fused-ring (bicyclic) bond motifs is 1. The minimum absolute atomic E-state index is 0.258. The van der Waals surface area contributed by atoms with Crippen molar-refractivity contribution >= 4 is 37.9 Å². The highest BCUT2D eigenvalue weighted by Crippen LogP contribution is 2.31. The molecular formula is C26H28N4O3S. The lowest BCUT2D eigenvalue weighted by atomic mass is 10.1. The fourth-order valence-corrected chi connectivity index (χ4v) is 4.42. The van der Waals surface area contributed by atoms with Crippen molar-refractivity contribution in [2.24, 2.45) is 0 Å². The molecular weight excluding hydrogens is 448 g/mol. The SMILES string of the molecule is CCN(CC)c1ccc(Nc2nc(-c3ccc(S(C)(=O)=O)cc3)nc3ccc(OC)cc23)cc1. The lowest BCUT2D eigenvalue weighted by molar-refractivity contribution is 0.415. The van der Waals surface area contributed by atoms with Crippen LogP contribution in [-0.2, 0) is 9.84 Å². The first-order valence-electron chi connectivity index (χ1n) is 11.1. The third-order valence-electron chi connectivity index (χ3n) is 5.70. The molecule has 0 saturated heterocycles. The Morgan fingerprint density at radius 3 is 2.18 bits per heavy atom. The maximum absolute atomic E-state index is 11.8. The van der Waals surface area contributed by atoms with Gasteiger partial charge in [0.25, 0.3) is 0 Å². The van der Waals surface area contributed by atoms with Gasteiger partial charge in [0.1, 0.15) is 11.6 Å². The van der Waals surface area contributed by atoms with Crippen LogP contribution in [0.1, 0.15) is 13.8 Å². The number of methoxy groups -OCH3 is 1. The molecule has 0 unspecified atom stereocenters. The number of aromatic nitrogens is 2. The average Bonchev–Trinajstić information content (AvgIpc) is 2.85. The minimum atomic E-state index is -3.28. The number of hydrogen-bond acceptors (Lipinski definition) is 7. The minimum Gasteiger partial charge on any atom is -0.497 e. The molecule has 1 aromatic heterocycles. The van der Waals surface area contributed by atoms with Crippen molar-refractivity contribution in [3.05, 3.63) is 66.7 Å². The molecule has 34 heavy (non-hydrogen) atoms. The number of anilines is 3. The summed E-state index contributed by atoms with van der Waals surface area (Å²) in [6.07, 6.45) is 1.19. The van der Waals surface area contributed by atoms with Gasteiger partial charge in [0.2, 0.25) is 0 Å². The first-order valence-corrected chi connectivity index (χ1v) is 13.0. The molecule has 0 radical (unpaired) electrons. The fraction of sp³-hybridized carbons (Fsp3) is 0.231. The molecule has 1 heterocycles. The summed E-state index contributed by atoms with van der Waals surface area (Å²) in [6.45, 7) is 6.17. The highest BCUT2D eigenvalue weighted by atomic mass is 32.2. The van der Waals surface area contributed by atoms with Gasteiger partial charge in [-0.1, -0.05) is 0 Å². The molecule has 176 valence electrons. The Bertz CT molecular complexity index is 1400. The van der Waals surface area contributed by atoms with Gasteiger partial charge in [-0.25, -0.2) is 18.4 Å². The quantitative estimate of drug-likeness (QED) is 0.369. The van der Waals surface area contributed by atoms with Crippen molar-refractivity contribution < 1.29 is 13.2 Å². The number of nitrogens with one attached hydrogen (secondary N) is 1. The van der Waals surface area contributed by atoms with Gasteiger partial charge in [-0.15, -0.1) is 0 Å². The Kier molecular flexibility index (Phi) is 6.70. The van der Waals surface area contributed by atoms with Crippen LogP contribution in [0.4, 0.5) is 17.2 Å². The van der Waals surface area contributed by atoms with E-state index in [0.717, 1.165) is 40.9 Å². The second-order valence-electron chi connectivity index (χ2n) is 7.92. The van der Waals surface area contributed by atoms with E-state index in [9.17, 15) is 8.42 Å². The summed E-state index contributed by atoms with van der Waals surface area (Å²) in [7, 11) is -1.65. The predicted octanol–water partition coefficient (Wildman–Crippen LogP) is 5.30. The first kappa shape index (κ1) is 23.5. The zero-order chi connectivity index (χ0) is 24.3. The van der Waals surface area contributed by atoms with Crippen molar-refractivity contribution in [1.82, 2.24) is 9.97 Å². The van der Waals surface area contributed by atoms with E-state index in [1.807, 2.05) is 30.3 Å². The Balaban J connectivity index is 1.76. The van der Waals surface area contributed by atoms with E-state index in [2.05, 4.69) is 36.2 Å². The van der Waals surface area contributed by atoms with Gasteiger partial charge < -0.3 is 15.0 Å². The molecule has 4 aromatic rings. The monoisotopic (exact) mass is 476 g/mol. The van der Waals surface area contributed by atoms with Gasteiger partial charge in [-0.2, -0.15) is 0 Å². The topological polar surface area (TPSA) is 84.4 Å². The van der Waals surface area contributed by atoms with Crippen LogP contribution in [0.2, 0.25) is 0 Å². The van der Waals surface area contributed by atoms with Gasteiger partial charge in [-0.3, -0.25) is 0 Å². The lowest BCUT2D eigenvalue weighted by Crippen LogP contribution is -2.21. The van der Waals surface area contributed by atoms with Crippen molar-refractivity contribution in [3.8, 4) is 17.1 Å². The summed E-state index contributed by atoms with van der Waals surface area (Å²) in [5, 5.41) is 4.25. The highest BCUT2D eigenvalue weighted by molar-refractivity contribution is 7.90. The highest BCUT2D eigenvalue weighted by Gasteiger charge is 2.13. The van der Waals surface area contributed by atoms with Crippen molar-refractivity contribution in [2.75, 3.05) is 36.7 Å². The van der Waals surface area contributed by atoms with Crippen LogP contribution in [0.5, 0.6) is 5.75 Å². The normalized spacial score (nSPS) is 11.4. The zero-order valence-electron chi connectivity index (χ0n) is 19.7. The van der Waals surface area contributed by atoms with E-state index in [1.54, 1.807) is 31.4 Å². The largest absolute Gasteiger partial charge is 0.497 e. The van der Waals surface area contributed by atoms with Crippen LogP contribution in [-0.4, -0.2) is 44.8 Å². The molecule has 0 aliphatic rings. The van der Waals surface area contributed by atoms with Crippen LogP contribution in [0.15, 0.2) is 71.6 Å². The number of ether oxygens (including phenoxy) is 1. The van der Waals surface area contributed by atoms with Gasteiger partial charge in [0.05, 0.1) is 17.5 Å². The van der Waals surface area contributed by atoms with Crippen LogP contribution < -0.4 is 15.0 Å². The van der Waals surface area contributed by atoms with Crippen molar-refractivity contribution in [1.29, 1.82) is 0 Å². The van der Waals surface area contributed by atoms with Crippen molar-refractivity contribution in [3.63, 3.8) is 0 Å². The Hall–Kier alpha value is -3.65. The summed E-state index contributed by atoms with van der Waals surface area (Å²) in [6, 6.07) is 20.5. The van der Waals surface area contributed by atoms with E-state index >= 15 is 0 Å². The molecule has 0 bridgehead atoms. The van der Waals surface area contributed by atoms with Gasteiger partial charge in [-0.05, 0) is 80.6 Å². The predicted molar refractivity (Wildman–Crippen MR) is 138 cm³/mol. The Labute approximate surface area is 200 Å². The van der Waals surface area contributed by atoms with Crippen LogP contribution in [0.25, 0.3) is 22.3 Å². The molecule has 0 aliphatic carbocycles. The summed E-state index contributed by atoms with van der Waals surface area (Å²) in [4.78, 5) is 12.0. The smallest absolute Gasteiger partial charge is 0.175 e. The summed E-state index contributed by atoms with van der Waals surface area (Å²) in [5.41, 5.74) is 3.54. The molecule has 0 atom stereocenters. The van der Waals surface area contributed by atoms with E-state index in [0.29, 0.717) is 17.4 Å². The van der Waals surface area contributed by atoms with Gasteiger partial charge in [0.15, 0.2) is 15.7 Å². The van der Waals surface area contributed by atoms with Crippen molar-refractivity contribution in [2.45, 2.75) is 18.7 Å². The zero-order valence-corrected chi connectivity index (χ0v) is 20.6. The summed E-state index contributed by atoms with van der Waals surface area (Å²) in [5.74, 6) is 1.85. The number of rotatable bonds is 8. The standard InChI is InChI=1S/C26H28N4O3S/c1-5-30(6-2)20-11-9-19(10-12-20)27-26-23-17-21(33-3)13-16-24(23)28-25(29-26)18-7-14-22(15-8-18)34(4,31)32/h7-17H,5-6H2,1-4H3,(H,27,28,29). The first-order chi connectivity index (χ1) is 16.3. The summed E-state index contributed by atoms with van der Waals surface area (Å²) < 4.78 is 29.1. The molecule has 7 nitrogen and oxygen atoms in total. The van der Waals surface area contributed by atoms with Gasteiger partial charge in [0, 0.05) is 41.7 Å². The molecule has 3 aromatic carbocycles.